The van der Waals surface area contributed by atoms with Crippen LogP contribution in [-0.2, 0) is 12.6 Å². The van der Waals surface area contributed by atoms with Crippen molar-refractivity contribution in [2.45, 2.75) is 19.5 Å². The van der Waals surface area contributed by atoms with E-state index >= 15 is 0 Å². The van der Waals surface area contributed by atoms with Gasteiger partial charge in [-0.3, -0.25) is 0 Å². The van der Waals surface area contributed by atoms with Crippen LogP contribution in [0.5, 0.6) is 17.2 Å². The van der Waals surface area contributed by atoms with Crippen molar-refractivity contribution in [3.63, 3.8) is 0 Å². The first kappa shape index (κ1) is 21.2. The Morgan fingerprint density at radius 2 is 1.60 bits per heavy atom. The molecule has 0 aliphatic carbocycles. The summed E-state index contributed by atoms with van der Waals surface area (Å²) in [6.45, 7) is 1.81. The van der Waals surface area contributed by atoms with Gasteiger partial charge in [0.2, 0.25) is 5.95 Å². The summed E-state index contributed by atoms with van der Waals surface area (Å²) in [5.74, 6) is 0.0305. The number of nitrogens with zero attached hydrogens (tertiary/aromatic N) is 2. The molecule has 3 rings (SSSR count). The van der Waals surface area contributed by atoms with Crippen LogP contribution in [0.1, 0.15) is 18.2 Å². The minimum atomic E-state index is -4.80. The van der Waals surface area contributed by atoms with Crippen LogP contribution in [0.2, 0.25) is 0 Å². The molecule has 30 heavy (non-hydrogen) atoms. The van der Waals surface area contributed by atoms with Crippen molar-refractivity contribution < 1.29 is 27.8 Å². The second-order valence-corrected chi connectivity index (χ2v) is 6.41. The molecule has 3 N–H and O–H groups in total. The first-order valence-electron chi connectivity index (χ1n) is 8.99. The Hall–Kier alpha value is -3.49. The van der Waals surface area contributed by atoms with Gasteiger partial charge in [-0.25, -0.2) is 9.97 Å². The maximum Gasteiger partial charge on any atom is 0.434 e. The van der Waals surface area contributed by atoms with Gasteiger partial charge in [0.05, 0.1) is 19.9 Å². The molecule has 3 aromatic rings. The lowest BCUT2D eigenvalue weighted by molar-refractivity contribution is -0.140. The van der Waals surface area contributed by atoms with E-state index in [0.29, 0.717) is 23.5 Å². The third-order valence-electron chi connectivity index (χ3n) is 4.60. The minimum Gasteiger partial charge on any atom is -0.507 e. The van der Waals surface area contributed by atoms with Gasteiger partial charge in [-0.2, -0.15) is 13.2 Å². The predicted molar refractivity (Wildman–Crippen MR) is 106 cm³/mol. The first-order valence-corrected chi connectivity index (χ1v) is 8.99. The Bertz CT molecular complexity index is 1070. The molecule has 1 heterocycles. The van der Waals surface area contributed by atoms with Gasteiger partial charge < -0.3 is 20.3 Å². The number of anilines is 1. The van der Waals surface area contributed by atoms with E-state index in [4.69, 9.17) is 15.2 Å². The van der Waals surface area contributed by atoms with Gasteiger partial charge in [-0.15, -0.1) is 0 Å². The standard InChI is InChI=1S/C21H20F3N3O3/c1-4-11-9-14(30-3)10-15(28)16(11)18-17(12-5-7-13(29-2)8-6-12)19(21(22,23)24)27-20(25)26-18/h5-10,28H,4H2,1-3H3,(H2,25,26,27). The second kappa shape index (κ2) is 8.10. The lowest BCUT2D eigenvalue weighted by atomic mass is 9.92. The summed E-state index contributed by atoms with van der Waals surface area (Å²) in [5.41, 5.74) is 4.95. The van der Waals surface area contributed by atoms with E-state index in [0.717, 1.165) is 0 Å². The number of aromatic nitrogens is 2. The smallest absolute Gasteiger partial charge is 0.434 e. The topological polar surface area (TPSA) is 90.5 Å². The fourth-order valence-electron chi connectivity index (χ4n) is 3.22. The average Bonchev–Trinajstić information content (AvgIpc) is 2.71. The molecule has 158 valence electrons. The number of hydrogen-bond acceptors (Lipinski definition) is 6. The highest BCUT2D eigenvalue weighted by molar-refractivity contribution is 5.87. The molecule has 1 aromatic heterocycles. The Labute approximate surface area is 171 Å². The lowest BCUT2D eigenvalue weighted by Crippen LogP contribution is -2.14. The monoisotopic (exact) mass is 419 g/mol. The third kappa shape index (κ3) is 3.96. The number of ether oxygens (including phenoxy) is 2. The molecule has 0 atom stereocenters. The highest BCUT2D eigenvalue weighted by Crippen LogP contribution is 2.45. The molecule has 0 amide bonds. The molecule has 0 bridgehead atoms. The summed E-state index contributed by atoms with van der Waals surface area (Å²) in [6, 6.07) is 8.96. The van der Waals surface area contributed by atoms with E-state index in [-0.39, 0.29) is 28.1 Å². The van der Waals surface area contributed by atoms with Crippen molar-refractivity contribution >= 4 is 5.95 Å². The maximum absolute atomic E-state index is 13.9. The number of phenolic OH excluding ortho intramolecular Hbond substituents is 1. The first-order chi connectivity index (χ1) is 14.2. The maximum atomic E-state index is 13.9. The highest BCUT2D eigenvalue weighted by atomic mass is 19.4. The number of rotatable bonds is 5. The number of aromatic hydroxyl groups is 1. The molecule has 0 spiro atoms. The Kier molecular flexibility index (Phi) is 5.73. The fourth-order valence-corrected chi connectivity index (χ4v) is 3.22. The average molecular weight is 419 g/mol. The molecule has 0 saturated carbocycles. The van der Waals surface area contributed by atoms with Crippen LogP contribution in [0.4, 0.5) is 19.1 Å². The van der Waals surface area contributed by atoms with Crippen LogP contribution < -0.4 is 15.2 Å². The van der Waals surface area contributed by atoms with E-state index in [1.807, 2.05) is 0 Å². The SMILES string of the molecule is CCc1cc(OC)cc(O)c1-c1nc(N)nc(C(F)(F)F)c1-c1ccc(OC)cc1. The van der Waals surface area contributed by atoms with Crippen molar-refractivity contribution in [3.05, 3.63) is 47.7 Å². The zero-order valence-corrected chi connectivity index (χ0v) is 16.5. The summed E-state index contributed by atoms with van der Waals surface area (Å²) >= 11 is 0. The summed E-state index contributed by atoms with van der Waals surface area (Å²) in [6.07, 6.45) is -4.39. The number of benzene rings is 2. The summed E-state index contributed by atoms with van der Waals surface area (Å²) in [5, 5.41) is 10.6. The van der Waals surface area contributed by atoms with E-state index < -0.39 is 17.8 Å². The predicted octanol–water partition coefficient (Wildman–Crippen LogP) is 4.70. The second-order valence-electron chi connectivity index (χ2n) is 6.41. The van der Waals surface area contributed by atoms with Crippen molar-refractivity contribution in [2.24, 2.45) is 0 Å². The largest absolute Gasteiger partial charge is 0.507 e. The fraction of sp³-hybridized carbons (Fsp3) is 0.238. The molecule has 0 unspecified atom stereocenters. The van der Waals surface area contributed by atoms with E-state index in [1.165, 1.54) is 44.6 Å². The number of halogens is 3. The molecule has 9 heteroatoms. The molecular formula is C21H20F3N3O3. The van der Waals surface area contributed by atoms with Gasteiger partial charge >= 0.3 is 6.18 Å². The number of methoxy groups -OCH3 is 2. The van der Waals surface area contributed by atoms with Crippen molar-refractivity contribution in [1.29, 1.82) is 0 Å². The third-order valence-corrected chi connectivity index (χ3v) is 4.60. The van der Waals surface area contributed by atoms with Gasteiger partial charge in [-0.05, 0) is 35.7 Å². The van der Waals surface area contributed by atoms with Crippen LogP contribution in [0.25, 0.3) is 22.4 Å². The minimum absolute atomic E-state index is 0.114. The van der Waals surface area contributed by atoms with Crippen LogP contribution in [0.15, 0.2) is 36.4 Å². The Morgan fingerprint density at radius 3 is 2.13 bits per heavy atom. The normalized spacial score (nSPS) is 11.4. The molecule has 0 saturated heterocycles. The van der Waals surface area contributed by atoms with Gasteiger partial charge in [0.15, 0.2) is 5.69 Å². The van der Waals surface area contributed by atoms with Gasteiger partial charge in [0.25, 0.3) is 0 Å². The van der Waals surface area contributed by atoms with Crippen molar-refractivity contribution in [1.82, 2.24) is 9.97 Å². The number of nitrogens with two attached hydrogens (primary N) is 1. The van der Waals surface area contributed by atoms with Crippen molar-refractivity contribution in [2.75, 3.05) is 20.0 Å². The van der Waals surface area contributed by atoms with Crippen LogP contribution >= 0.6 is 0 Å². The number of aryl methyl sites for hydroxylation is 1. The molecular weight excluding hydrogens is 399 g/mol. The molecule has 0 fully saturated rings. The van der Waals surface area contributed by atoms with E-state index in [1.54, 1.807) is 13.0 Å². The molecule has 2 aromatic carbocycles. The Balaban J connectivity index is 2.42. The van der Waals surface area contributed by atoms with E-state index in [9.17, 15) is 18.3 Å². The van der Waals surface area contributed by atoms with E-state index in [2.05, 4.69) is 9.97 Å². The molecule has 0 radical (unpaired) electrons. The van der Waals surface area contributed by atoms with Crippen LogP contribution in [-0.4, -0.2) is 29.3 Å². The van der Waals surface area contributed by atoms with Gasteiger partial charge in [0.1, 0.15) is 17.2 Å². The molecule has 0 aliphatic heterocycles. The summed E-state index contributed by atoms with van der Waals surface area (Å²) in [4.78, 5) is 7.57. The molecule has 0 aliphatic rings. The number of phenols is 1. The van der Waals surface area contributed by atoms with Crippen LogP contribution in [0.3, 0.4) is 0 Å². The molecule has 6 nitrogen and oxygen atoms in total. The summed E-state index contributed by atoms with van der Waals surface area (Å²) in [7, 11) is 2.89. The number of alkyl halides is 3. The highest BCUT2D eigenvalue weighted by Gasteiger charge is 2.38. The lowest BCUT2D eigenvalue weighted by Gasteiger charge is -2.19. The van der Waals surface area contributed by atoms with Gasteiger partial charge in [-0.1, -0.05) is 19.1 Å². The van der Waals surface area contributed by atoms with Crippen molar-refractivity contribution in [3.8, 4) is 39.6 Å². The number of hydrogen-bond donors (Lipinski definition) is 2. The summed E-state index contributed by atoms with van der Waals surface area (Å²) < 4.78 is 52.0. The quantitative estimate of drug-likeness (QED) is 0.623. The Morgan fingerprint density at radius 1 is 0.967 bits per heavy atom. The van der Waals surface area contributed by atoms with Gasteiger partial charge in [0, 0.05) is 17.2 Å². The zero-order valence-electron chi connectivity index (χ0n) is 16.5. The number of nitrogen functional groups attached to an aromatic ring is 1. The van der Waals surface area contributed by atoms with Crippen LogP contribution in [0, 0.1) is 0 Å². The zero-order chi connectivity index (χ0) is 22.1.